The molecule has 0 amide bonds. The Labute approximate surface area is 74.0 Å². The van der Waals surface area contributed by atoms with E-state index in [4.69, 9.17) is 0 Å². The molecule has 0 N–H and O–H groups in total. The lowest BCUT2D eigenvalue weighted by Gasteiger charge is -2.22. The number of hydrogen-bond donors (Lipinski definition) is 0. The molecule has 0 radical (unpaired) electrons. The third-order valence-corrected chi connectivity index (χ3v) is 2.58. The first kappa shape index (κ1) is 7.60. The minimum atomic E-state index is 0.733. The second-order valence-corrected chi connectivity index (χ2v) is 3.43. The SMILES string of the molecule is C1=CC[C@@H]([C@H]2C=CC=CC2)C=C1. The first-order valence-corrected chi connectivity index (χ1v) is 4.63. The minimum absolute atomic E-state index is 0.733. The third kappa shape index (κ3) is 1.58. The molecule has 0 fully saturated rings. The summed E-state index contributed by atoms with van der Waals surface area (Å²) < 4.78 is 0. The van der Waals surface area contributed by atoms with Crippen LogP contribution >= 0.6 is 0 Å². The molecular weight excluding hydrogens is 144 g/mol. The summed E-state index contributed by atoms with van der Waals surface area (Å²) in [5.41, 5.74) is 0. The highest BCUT2D eigenvalue weighted by Crippen LogP contribution is 2.27. The Kier molecular flexibility index (Phi) is 2.26. The van der Waals surface area contributed by atoms with Crippen LogP contribution in [0, 0.1) is 11.8 Å². The molecule has 0 nitrogen and oxygen atoms in total. The normalized spacial score (nSPS) is 32.7. The molecule has 0 unspecified atom stereocenters. The Morgan fingerprint density at radius 3 is 1.50 bits per heavy atom. The van der Waals surface area contributed by atoms with Gasteiger partial charge in [-0.2, -0.15) is 0 Å². The van der Waals surface area contributed by atoms with Gasteiger partial charge in [0.15, 0.2) is 0 Å². The quantitative estimate of drug-likeness (QED) is 0.549. The van der Waals surface area contributed by atoms with Gasteiger partial charge in [-0.15, -0.1) is 0 Å². The Balaban J connectivity index is 2.01. The van der Waals surface area contributed by atoms with Gasteiger partial charge < -0.3 is 0 Å². The van der Waals surface area contributed by atoms with E-state index in [0.29, 0.717) is 0 Å². The van der Waals surface area contributed by atoms with Crippen molar-refractivity contribution >= 4 is 0 Å². The highest BCUT2D eigenvalue weighted by atomic mass is 14.2. The Hall–Kier alpha value is -1.04. The van der Waals surface area contributed by atoms with E-state index in [1.54, 1.807) is 0 Å². The van der Waals surface area contributed by atoms with Crippen molar-refractivity contribution in [1.29, 1.82) is 0 Å². The summed E-state index contributed by atoms with van der Waals surface area (Å²) in [6.07, 6.45) is 20.2. The molecule has 0 bridgehead atoms. The van der Waals surface area contributed by atoms with E-state index >= 15 is 0 Å². The van der Waals surface area contributed by atoms with Crippen molar-refractivity contribution in [2.75, 3.05) is 0 Å². The molecule has 62 valence electrons. The van der Waals surface area contributed by atoms with Crippen LogP contribution in [-0.4, -0.2) is 0 Å². The average Bonchev–Trinajstić information content (AvgIpc) is 2.21. The van der Waals surface area contributed by atoms with Crippen LogP contribution in [0.1, 0.15) is 12.8 Å². The summed E-state index contributed by atoms with van der Waals surface area (Å²) in [4.78, 5) is 0. The molecule has 2 aliphatic carbocycles. The number of allylic oxidation sites excluding steroid dienone is 8. The highest BCUT2D eigenvalue weighted by molar-refractivity contribution is 5.18. The van der Waals surface area contributed by atoms with Crippen LogP contribution in [0.15, 0.2) is 48.6 Å². The molecule has 0 saturated carbocycles. The Bertz CT molecular complexity index is 225. The first-order chi connectivity index (χ1) is 5.97. The fourth-order valence-corrected chi connectivity index (χ4v) is 1.83. The van der Waals surface area contributed by atoms with Gasteiger partial charge in [0.25, 0.3) is 0 Å². The molecule has 0 heteroatoms. The monoisotopic (exact) mass is 158 g/mol. The van der Waals surface area contributed by atoms with Gasteiger partial charge in [0.2, 0.25) is 0 Å². The van der Waals surface area contributed by atoms with Gasteiger partial charge in [-0.1, -0.05) is 48.6 Å². The van der Waals surface area contributed by atoms with E-state index in [1.165, 1.54) is 12.8 Å². The zero-order valence-electron chi connectivity index (χ0n) is 7.19. The minimum Gasteiger partial charge on any atom is -0.0839 e. The summed E-state index contributed by atoms with van der Waals surface area (Å²) >= 11 is 0. The van der Waals surface area contributed by atoms with E-state index in [9.17, 15) is 0 Å². The summed E-state index contributed by atoms with van der Waals surface area (Å²) in [6.45, 7) is 0. The van der Waals surface area contributed by atoms with Crippen LogP contribution < -0.4 is 0 Å². The van der Waals surface area contributed by atoms with Crippen LogP contribution in [0.4, 0.5) is 0 Å². The molecule has 2 aliphatic rings. The van der Waals surface area contributed by atoms with Crippen molar-refractivity contribution < 1.29 is 0 Å². The molecule has 0 spiro atoms. The van der Waals surface area contributed by atoms with Gasteiger partial charge >= 0.3 is 0 Å². The molecule has 2 atom stereocenters. The largest absolute Gasteiger partial charge is 0.0839 e. The fraction of sp³-hybridized carbons (Fsp3) is 0.333. The molecule has 0 aromatic carbocycles. The summed E-state index contributed by atoms with van der Waals surface area (Å²) in [5.74, 6) is 1.47. The van der Waals surface area contributed by atoms with Gasteiger partial charge in [0.1, 0.15) is 0 Å². The standard InChI is InChI=1S/C12H14/c1-3-7-11(8-4-1)12-9-5-2-6-10-12/h1-7,9,11-12H,8,10H2/t11-,12-/m0/s1. The van der Waals surface area contributed by atoms with Crippen molar-refractivity contribution in [3.05, 3.63) is 48.6 Å². The fourth-order valence-electron chi connectivity index (χ4n) is 1.83. The summed E-state index contributed by atoms with van der Waals surface area (Å²) in [6, 6.07) is 0. The summed E-state index contributed by atoms with van der Waals surface area (Å²) in [5, 5.41) is 0. The van der Waals surface area contributed by atoms with E-state index in [2.05, 4.69) is 48.6 Å². The van der Waals surface area contributed by atoms with E-state index < -0.39 is 0 Å². The van der Waals surface area contributed by atoms with Gasteiger partial charge in [-0.3, -0.25) is 0 Å². The number of hydrogen-bond acceptors (Lipinski definition) is 0. The van der Waals surface area contributed by atoms with Crippen molar-refractivity contribution in [1.82, 2.24) is 0 Å². The van der Waals surface area contributed by atoms with Crippen LogP contribution in [0.3, 0.4) is 0 Å². The van der Waals surface area contributed by atoms with Crippen molar-refractivity contribution in [2.45, 2.75) is 12.8 Å². The van der Waals surface area contributed by atoms with Gasteiger partial charge in [0.05, 0.1) is 0 Å². The Morgan fingerprint density at radius 2 is 1.17 bits per heavy atom. The topological polar surface area (TPSA) is 0 Å². The summed E-state index contributed by atoms with van der Waals surface area (Å²) in [7, 11) is 0. The van der Waals surface area contributed by atoms with Gasteiger partial charge in [0, 0.05) is 0 Å². The predicted molar refractivity (Wildman–Crippen MR) is 52.8 cm³/mol. The maximum Gasteiger partial charge on any atom is -0.0130 e. The molecule has 0 saturated heterocycles. The first-order valence-electron chi connectivity index (χ1n) is 4.63. The van der Waals surface area contributed by atoms with Gasteiger partial charge in [-0.05, 0) is 24.7 Å². The lowest BCUT2D eigenvalue weighted by Crippen LogP contribution is -2.11. The van der Waals surface area contributed by atoms with Crippen molar-refractivity contribution in [3.63, 3.8) is 0 Å². The molecule has 2 rings (SSSR count). The zero-order chi connectivity index (χ0) is 8.23. The maximum atomic E-state index is 2.33. The smallest absolute Gasteiger partial charge is 0.0130 e. The van der Waals surface area contributed by atoms with E-state index in [0.717, 1.165) is 11.8 Å². The Morgan fingerprint density at radius 1 is 0.667 bits per heavy atom. The second-order valence-electron chi connectivity index (χ2n) is 3.43. The van der Waals surface area contributed by atoms with Crippen molar-refractivity contribution in [3.8, 4) is 0 Å². The number of rotatable bonds is 1. The molecule has 0 aliphatic heterocycles. The van der Waals surface area contributed by atoms with Crippen molar-refractivity contribution in [2.24, 2.45) is 11.8 Å². The van der Waals surface area contributed by atoms with E-state index in [-0.39, 0.29) is 0 Å². The molecule has 0 aromatic rings. The maximum absolute atomic E-state index is 2.33. The second kappa shape index (κ2) is 3.57. The van der Waals surface area contributed by atoms with Crippen LogP contribution in [0.5, 0.6) is 0 Å². The van der Waals surface area contributed by atoms with Gasteiger partial charge in [-0.25, -0.2) is 0 Å². The van der Waals surface area contributed by atoms with Crippen LogP contribution in [0.2, 0.25) is 0 Å². The molecular formula is C12H14. The van der Waals surface area contributed by atoms with Crippen LogP contribution in [-0.2, 0) is 0 Å². The lowest BCUT2D eigenvalue weighted by molar-refractivity contribution is 0.478. The predicted octanol–water partition coefficient (Wildman–Crippen LogP) is 3.25. The third-order valence-electron chi connectivity index (χ3n) is 2.58. The molecule has 0 aromatic heterocycles. The molecule has 12 heavy (non-hydrogen) atoms. The zero-order valence-corrected chi connectivity index (χ0v) is 7.19. The average molecular weight is 158 g/mol. The van der Waals surface area contributed by atoms with E-state index in [1.807, 2.05) is 0 Å². The highest BCUT2D eigenvalue weighted by Gasteiger charge is 2.15. The lowest BCUT2D eigenvalue weighted by atomic mass is 9.83. The molecule has 0 heterocycles. The van der Waals surface area contributed by atoms with Crippen LogP contribution in [0.25, 0.3) is 0 Å².